The molecule has 0 heterocycles. The van der Waals surface area contributed by atoms with E-state index >= 15 is 0 Å². The molecule has 0 bridgehead atoms. The molecule has 1 aromatic rings. The molecule has 1 saturated carbocycles. The first-order valence-corrected chi connectivity index (χ1v) is 5.48. The van der Waals surface area contributed by atoms with E-state index in [9.17, 15) is 4.79 Å². The highest BCUT2D eigenvalue weighted by atomic mass is 16.4. The minimum absolute atomic E-state index is 0.112. The number of hydrogen-bond acceptors (Lipinski definition) is 1. The largest absolute Gasteiger partial charge is 0.481 e. The molecule has 0 radical (unpaired) electrons. The molecule has 1 aliphatic rings. The van der Waals surface area contributed by atoms with Crippen molar-refractivity contribution in [2.45, 2.75) is 38.0 Å². The highest BCUT2D eigenvalue weighted by Gasteiger charge is 2.23. The molecule has 2 nitrogen and oxygen atoms in total. The summed E-state index contributed by atoms with van der Waals surface area (Å²) in [6, 6.07) is 8.39. The molecule has 1 atom stereocenters. The van der Waals surface area contributed by atoms with Crippen LogP contribution in [0.3, 0.4) is 0 Å². The maximum atomic E-state index is 10.6. The van der Waals surface area contributed by atoms with Gasteiger partial charge < -0.3 is 5.11 Å². The van der Waals surface area contributed by atoms with Crippen molar-refractivity contribution in [3.8, 4) is 0 Å². The van der Waals surface area contributed by atoms with Gasteiger partial charge in [0.05, 0.1) is 6.42 Å². The van der Waals surface area contributed by atoms with Crippen LogP contribution in [0.25, 0.3) is 0 Å². The average Bonchev–Trinajstić information content (AvgIpc) is 3.00. The second kappa shape index (κ2) is 4.05. The minimum Gasteiger partial charge on any atom is -0.481 e. The summed E-state index contributed by atoms with van der Waals surface area (Å²) < 4.78 is 0. The Morgan fingerprint density at radius 1 is 1.53 bits per heavy atom. The minimum atomic E-state index is -0.723. The number of hydrogen-bond donors (Lipinski definition) is 1. The summed E-state index contributed by atoms with van der Waals surface area (Å²) >= 11 is 0. The van der Waals surface area contributed by atoms with Crippen LogP contribution in [0.15, 0.2) is 24.3 Å². The molecule has 1 N–H and O–H groups in total. The Balaban J connectivity index is 2.12. The third-order valence-electron chi connectivity index (χ3n) is 3.01. The molecule has 0 aromatic heterocycles. The van der Waals surface area contributed by atoms with Crippen molar-refractivity contribution in [3.63, 3.8) is 0 Å². The molecule has 0 amide bonds. The summed E-state index contributed by atoms with van der Waals surface area (Å²) in [6.45, 7) is 1.97. The van der Waals surface area contributed by atoms with E-state index in [1.807, 2.05) is 19.1 Å². The third-order valence-corrected chi connectivity index (χ3v) is 3.01. The summed E-state index contributed by atoms with van der Waals surface area (Å²) in [4.78, 5) is 10.6. The molecular formula is C13H16O2. The molecule has 1 fully saturated rings. The fraction of sp³-hybridized carbons (Fsp3) is 0.462. The predicted molar refractivity (Wildman–Crippen MR) is 59.1 cm³/mol. The van der Waals surface area contributed by atoms with Gasteiger partial charge in [0.15, 0.2) is 0 Å². The Hall–Kier alpha value is -1.31. The fourth-order valence-electron chi connectivity index (χ4n) is 1.92. The van der Waals surface area contributed by atoms with Crippen LogP contribution in [0, 0.1) is 0 Å². The zero-order valence-corrected chi connectivity index (χ0v) is 8.94. The van der Waals surface area contributed by atoms with Crippen LogP contribution in [0.1, 0.15) is 49.1 Å². The van der Waals surface area contributed by atoms with Crippen LogP contribution >= 0.6 is 0 Å². The fourth-order valence-corrected chi connectivity index (χ4v) is 1.92. The Morgan fingerprint density at radius 3 is 2.87 bits per heavy atom. The van der Waals surface area contributed by atoms with Gasteiger partial charge in [-0.15, -0.1) is 0 Å². The zero-order valence-electron chi connectivity index (χ0n) is 8.94. The van der Waals surface area contributed by atoms with Crippen LogP contribution in [-0.2, 0) is 4.79 Å². The summed E-state index contributed by atoms with van der Waals surface area (Å²) in [5.74, 6) is 0.127. The lowest BCUT2D eigenvalue weighted by molar-refractivity contribution is -0.137. The van der Waals surface area contributed by atoms with Gasteiger partial charge in [-0.2, -0.15) is 0 Å². The van der Waals surface area contributed by atoms with Gasteiger partial charge in [0.25, 0.3) is 0 Å². The standard InChI is InChI=1S/C13H16O2/c1-9(7-13(14)15)11-3-2-4-12(8-11)10-5-6-10/h2-4,8-10H,5-7H2,1H3,(H,14,15). The van der Waals surface area contributed by atoms with Crippen molar-refractivity contribution < 1.29 is 9.90 Å². The number of rotatable bonds is 4. The molecule has 15 heavy (non-hydrogen) atoms. The highest BCUT2D eigenvalue weighted by Crippen LogP contribution is 2.40. The van der Waals surface area contributed by atoms with E-state index in [4.69, 9.17) is 5.11 Å². The van der Waals surface area contributed by atoms with Crippen molar-refractivity contribution in [1.29, 1.82) is 0 Å². The summed E-state index contributed by atoms with van der Waals surface area (Å²) in [7, 11) is 0. The van der Waals surface area contributed by atoms with Gasteiger partial charge in [0, 0.05) is 0 Å². The quantitative estimate of drug-likeness (QED) is 0.818. The molecule has 1 unspecified atom stereocenters. The SMILES string of the molecule is CC(CC(=O)O)c1cccc(C2CC2)c1. The monoisotopic (exact) mass is 204 g/mol. The number of aliphatic carboxylic acids is 1. The summed E-state index contributed by atoms with van der Waals surface area (Å²) in [5.41, 5.74) is 2.53. The van der Waals surface area contributed by atoms with Gasteiger partial charge in [-0.3, -0.25) is 4.79 Å². The van der Waals surface area contributed by atoms with Crippen LogP contribution < -0.4 is 0 Å². The lowest BCUT2D eigenvalue weighted by atomic mass is 9.95. The number of benzene rings is 1. The van der Waals surface area contributed by atoms with E-state index < -0.39 is 5.97 Å². The Bertz CT molecular complexity index is 367. The first kappa shape index (κ1) is 10.2. The molecule has 2 heteroatoms. The lowest BCUT2D eigenvalue weighted by Crippen LogP contribution is -2.03. The van der Waals surface area contributed by atoms with Gasteiger partial charge in [-0.25, -0.2) is 0 Å². The molecule has 0 saturated heterocycles. The van der Waals surface area contributed by atoms with Crippen LogP contribution in [-0.4, -0.2) is 11.1 Å². The van der Waals surface area contributed by atoms with Gasteiger partial charge in [-0.1, -0.05) is 31.2 Å². The molecule has 0 aliphatic heterocycles. The Labute approximate surface area is 89.9 Å². The predicted octanol–water partition coefficient (Wildman–Crippen LogP) is 3.14. The number of carboxylic acid groups (broad SMARTS) is 1. The maximum Gasteiger partial charge on any atom is 0.303 e. The Kier molecular flexibility index (Phi) is 2.76. The van der Waals surface area contributed by atoms with E-state index in [-0.39, 0.29) is 12.3 Å². The second-order valence-electron chi connectivity index (χ2n) is 4.44. The van der Waals surface area contributed by atoms with Crippen molar-refractivity contribution in [2.24, 2.45) is 0 Å². The van der Waals surface area contributed by atoms with E-state index in [1.165, 1.54) is 18.4 Å². The summed E-state index contributed by atoms with van der Waals surface area (Å²) in [5, 5.41) is 8.74. The Morgan fingerprint density at radius 2 is 2.27 bits per heavy atom. The van der Waals surface area contributed by atoms with E-state index in [1.54, 1.807) is 0 Å². The van der Waals surface area contributed by atoms with Gasteiger partial charge in [0.2, 0.25) is 0 Å². The maximum absolute atomic E-state index is 10.6. The third kappa shape index (κ3) is 2.58. The first-order chi connectivity index (χ1) is 7.16. The smallest absolute Gasteiger partial charge is 0.303 e. The van der Waals surface area contributed by atoms with Crippen molar-refractivity contribution >= 4 is 5.97 Å². The van der Waals surface area contributed by atoms with E-state index in [2.05, 4.69) is 12.1 Å². The number of carboxylic acids is 1. The topological polar surface area (TPSA) is 37.3 Å². The molecular weight excluding hydrogens is 188 g/mol. The van der Waals surface area contributed by atoms with E-state index in [0.29, 0.717) is 0 Å². The highest BCUT2D eigenvalue weighted by molar-refractivity contribution is 5.68. The van der Waals surface area contributed by atoms with Crippen LogP contribution in [0.4, 0.5) is 0 Å². The van der Waals surface area contributed by atoms with Gasteiger partial charge >= 0.3 is 5.97 Å². The van der Waals surface area contributed by atoms with Crippen LogP contribution in [0.2, 0.25) is 0 Å². The van der Waals surface area contributed by atoms with Crippen molar-refractivity contribution in [3.05, 3.63) is 35.4 Å². The average molecular weight is 204 g/mol. The zero-order chi connectivity index (χ0) is 10.8. The molecule has 2 rings (SSSR count). The normalized spacial score (nSPS) is 17.4. The first-order valence-electron chi connectivity index (χ1n) is 5.48. The van der Waals surface area contributed by atoms with Gasteiger partial charge in [-0.05, 0) is 35.8 Å². The molecule has 80 valence electrons. The molecule has 1 aliphatic carbocycles. The second-order valence-corrected chi connectivity index (χ2v) is 4.44. The van der Waals surface area contributed by atoms with Crippen molar-refractivity contribution in [2.75, 3.05) is 0 Å². The van der Waals surface area contributed by atoms with Crippen molar-refractivity contribution in [1.82, 2.24) is 0 Å². The summed E-state index contributed by atoms with van der Waals surface area (Å²) in [6.07, 6.45) is 2.79. The molecule has 1 aromatic carbocycles. The lowest BCUT2D eigenvalue weighted by Gasteiger charge is -2.10. The molecule has 0 spiro atoms. The van der Waals surface area contributed by atoms with Gasteiger partial charge in [0.1, 0.15) is 0 Å². The van der Waals surface area contributed by atoms with Crippen LogP contribution in [0.5, 0.6) is 0 Å². The number of carbonyl (C=O) groups is 1. The van der Waals surface area contributed by atoms with E-state index in [0.717, 1.165) is 11.5 Å².